The number of hydrogen-bond acceptors (Lipinski definition) is 4. The Kier molecular flexibility index (Phi) is 6.42. The van der Waals surface area contributed by atoms with Gasteiger partial charge in [0.05, 0.1) is 10.6 Å². The average molecular weight is 450 g/mol. The number of hydrogen-bond donors (Lipinski definition) is 0. The van der Waals surface area contributed by atoms with Crippen molar-refractivity contribution in [3.05, 3.63) is 39.5 Å². The van der Waals surface area contributed by atoms with Crippen LogP contribution in [0.4, 0.5) is 0 Å². The lowest BCUT2D eigenvalue weighted by molar-refractivity contribution is -0.141. The lowest BCUT2D eigenvalue weighted by Gasteiger charge is -2.37. The van der Waals surface area contributed by atoms with Gasteiger partial charge in [-0.3, -0.25) is 14.5 Å². The number of nitrogens with zero attached hydrogens (tertiary/aromatic N) is 3. The Morgan fingerprint density at radius 3 is 2.27 bits per heavy atom. The SMILES string of the molecule is CN1CCC(N(C)C2=C(c3ccc(Cl)cc3Cl)C(=O)N(C3CCCCC3)C2=O)CC1. The molecule has 7 heteroatoms. The number of likely N-dealkylation sites (tertiary alicyclic amines) is 1. The molecule has 0 N–H and O–H groups in total. The number of benzene rings is 1. The molecule has 2 amide bonds. The summed E-state index contributed by atoms with van der Waals surface area (Å²) in [5.74, 6) is -0.389. The smallest absolute Gasteiger partial charge is 0.278 e. The van der Waals surface area contributed by atoms with E-state index in [0.717, 1.165) is 51.6 Å². The summed E-state index contributed by atoms with van der Waals surface area (Å²) < 4.78 is 0. The van der Waals surface area contributed by atoms with Gasteiger partial charge in [-0.1, -0.05) is 48.5 Å². The van der Waals surface area contributed by atoms with Crippen molar-refractivity contribution in [1.82, 2.24) is 14.7 Å². The summed E-state index contributed by atoms with van der Waals surface area (Å²) in [5.41, 5.74) is 1.51. The van der Waals surface area contributed by atoms with Crippen LogP contribution in [0.2, 0.25) is 10.0 Å². The second-order valence-corrected chi connectivity index (χ2v) is 9.61. The zero-order chi connectivity index (χ0) is 21.4. The van der Waals surface area contributed by atoms with E-state index >= 15 is 0 Å². The Morgan fingerprint density at radius 2 is 1.63 bits per heavy atom. The fourth-order valence-electron chi connectivity index (χ4n) is 5.03. The van der Waals surface area contributed by atoms with Crippen LogP contribution in [0.3, 0.4) is 0 Å². The lowest BCUT2D eigenvalue weighted by atomic mass is 9.94. The predicted molar refractivity (Wildman–Crippen MR) is 120 cm³/mol. The van der Waals surface area contributed by atoms with Crippen molar-refractivity contribution in [2.45, 2.75) is 57.0 Å². The summed E-state index contributed by atoms with van der Waals surface area (Å²) >= 11 is 12.6. The van der Waals surface area contributed by atoms with Crippen molar-refractivity contribution >= 4 is 40.6 Å². The van der Waals surface area contributed by atoms with Crippen molar-refractivity contribution in [3.63, 3.8) is 0 Å². The van der Waals surface area contributed by atoms with Crippen LogP contribution in [0.1, 0.15) is 50.5 Å². The average Bonchev–Trinajstić information content (AvgIpc) is 2.99. The van der Waals surface area contributed by atoms with Crippen molar-refractivity contribution < 1.29 is 9.59 Å². The van der Waals surface area contributed by atoms with E-state index in [1.807, 2.05) is 11.9 Å². The summed E-state index contributed by atoms with van der Waals surface area (Å²) in [4.78, 5) is 33.1. The van der Waals surface area contributed by atoms with Crippen molar-refractivity contribution in [3.8, 4) is 0 Å². The Labute approximate surface area is 188 Å². The van der Waals surface area contributed by atoms with Crippen LogP contribution in [0.25, 0.3) is 5.57 Å². The summed E-state index contributed by atoms with van der Waals surface area (Å²) in [6.45, 7) is 1.96. The molecule has 0 aromatic heterocycles. The highest BCUT2D eigenvalue weighted by atomic mass is 35.5. The van der Waals surface area contributed by atoms with E-state index < -0.39 is 0 Å². The molecule has 1 aromatic carbocycles. The van der Waals surface area contributed by atoms with Gasteiger partial charge in [0, 0.05) is 29.7 Å². The molecule has 2 fully saturated rings. The Hall–Kier alpha value is -1.56. The van der Waals surface area contributed by atoms with Crippen molar-refractivity contribution in [1.29, 1.82) is 0 Å². The van der Waals surface area contributed by atoms with Crippen LogP contribution in [0.15, 0.2) is 23.9 Å². The normalized spacial score (nSPS) is 22.3. The van der Waals surface area contributed by atoms with Crippen molar-refractivity contribution in [2.75, 3.05) is 27.2 Å². The fraction of sp³-hybridized carbons (Fsp3) is 0.565. The molecule has 0 radical (unpaired) electrons. The first-order chi connectivity index (χ1) is 14.4. The third kappa shape index (κ3) is 4.00. The molecule has 30 heavy (non-hydrogen) atoms. The summed E-state index contributed by atoms with van der Waals surface area (Å²) in [6.07, 6.45) is 6.96. The van der Waals surface area contributed by atoms with Crippen LogP contribution < -0.4 is 0 Å². The van der Waals surface area contributed by atoms with Crippen LogP contribution in [0, 0.1) is 0 Å². The van der Waals surface area contributed by atoms with Gasteiger partial charge in [-0.2, -0.15) is 0 Å². The van der Waals surface area contributed by atoms with Crippen molar-refractivity contribution in [2.24, 2.45) is 0 Å². The van der Waals surface area contributed by atoms with Gasteiger partial charge in [0.15, 0.2) is 0 Å². The molecule has 0 unspecified atom stereocenters. The largest absolute Gasteiger partial charge is 0.366 e. The van der Waals surface area contributed by atoms with E-state index in [1.54, 1.807) is 18.2 Å². The molecule has 1 saturated carbocycles. The third-order valence-electron chi connectivity index (χ3n) is 6.82. The lowest BCUT2D eigenvalue weighted by Crippen LogP contribution is -2.46. The first kappa shape index (κ1) is 21.7. The second-order valence-electron chi connectivity index (χ2n) is 8.77. The van der Waals surface area contributed by atoms with Gasteiger partial charge in [0.25, 0.3) is 11.8 Å². The van der Waals surface area contributed by atoms with E-state index in [0.29, 0.717) is 26.9 Å². The Balaban J connectivity index is 1.75. The first-order valence-corrected chi connectivity index (χ1v) is 11.6. The minimum Gasteiger partial charge on any atom is -0.366 e. The molecule has 5 nitrogen and oxygen atoms in total. The van der Waals surface area contributed by atoms with Gasteiger partial charge >= 0.3 is 0 Å². The number of halogens is 2. The molecule has 2 aliphatic heterocycles. The quantitative estimate of drug-likeness (QED) is 0.637. The highest BCUT2D eigenvalue weighted by Gasteiger charge is 2.45. The first-order valence-electron chi connectivity index (χ1n) is 10.9. The van der Waals surface area contributed by atoms with Gasteiger partial charge in [-0.25, -0.2) is 0 Å². The molecular weight excluding hydrogens is 421 g/mol. The number of carbonyl (C=O) groups is 2. The highest BCUT2D eigenvalue weighted by molar-refractivity contribution is 6.41. The van der Waals surface area contributed by atoms with E-state index in [2.05, 4.69) is 11.9 Å². The molecule has 1 aliphatic carbocycles. The van der Waals surface area contributed by atoms with E-state index in [-0.39, 0.29) is 23.9 Å². The van der Waals surface area contributed by atoms with E-state index in [9.17, 15) is 9.59 Å². The minimum absolute atomic E-state index is 0.0248. The standard InChI is InChI=1S/C23H29Cl2N3O2/c1-26-12-10-16(11-13-26)27(2)21-20(18-9-8-15(24)14-19(18)25)22(29)28(23(21)30)17-6-4-3-5-7-17/h8-9,14,16-17H,3-7,10-13H2,1-2H3. The van der Waals surface area contributed by atoms with Gasteiger partial charge in [0.1, 0.15) is 5.70 Å². The number of carbonyl (C=O) groups excluding carboxylic acids is 2. The van der Waals surface area contributed by atoms with Crippen LogP contribution >= 0.6 is 23.2 Å². The van der Waals surface area contributed by atoms with Gasteiger partial charge in [0.2, 0.25) is 0 Å². The zero-order valence-electron chi connectivity index (χ0n) is 17.7. The van der Waals surface area contributed by atoms with E-state index in [4.69, 9.17) is 23.2 Å². The third-order valence-corrected chi connectivity index (χ3v) is 7.37. The molecular formula is C23H29Cl2N3O2. The van der Waals surface area contributed by atoms with Crippen LogP contribution in [-0.4, -0.2) is 65.8 Å². The predicted octanol–water partition coefficient (Wildman–Crippen LogP) is 4.43. The molecule has 162 valence electrons. The van der Waals surface area contributed by atoms with Crippen LogP contribution in [0.5, 0.6) is 0 Å². The topological polar surface area (TPSA) is 43.9 Å². The Morgan fingerprint density at radius 1 is 0.967 bits per heavy atom. The molecule has 4 rings (SSSR count). The van der Waals surface area contributed by atoms with Crippen LogP contribution in [-0.2, 0) is 9.59 Å². The minimum atomic E-state index is -0.217. The molecule has 1 saturated heterocycles. The second kappa shape index (κ2) is 8.89. The monoisotopic (exact) mass is 449 g/mol. The maximum atomic E-state index is 13.7. The number of imide groups is 1. The van der Waals surface area contributed by atoms with Gasteiger partial charge in [-0.15, -0.1) is 0 Å². The molecule has 0 spiro atoms. The zero-order valence-corrected chi connectivity index (χ0v) is 19.2. The molecule has 2 heterocycles. The molecule has 0 bridgehead atoms. The number of likely N-dealkylation sites (N-methyl/N-ethyl adjacent to an activating group) is 1. The highest BCUT2D eigenvalue weighted by Crippen LogP contribution is 2.39. The number of piperidine rings is 1. The number of rotatable bonds is 4. The van der Waals surface area contributed by atoms with Gasteiger partial charge < -0.3 is 9.80 Å². The Bertz CT molecular complexity index is 871. The van der Waals surface area contributed by atoms with Gasteiger partial charge in [-0.05, 0) is 58.0 Å². The molecule has 0 atom stereocenters. The summed E-state index contributed by atoms with van der Waals surface area (Å²) in [5, 5.41) is 0.911. The summed E-state index contributed by atoms with van der Waals surface area (Å²) in [7, 11) is 4.06. The molecule has 1 aromatic rings. The number of amides is 2. The van der Waals surface area contributed by atoms with E-state index in [1.165, 1.54) is 11.3 Å². The maximum absolute atomic E-state index is 13.7. The fourth-order valence-corrected chi connectivity index (χ4v) is 5.54. The summed E-state index contributed by atoms with van der Waals surface area (Å²) in [6, 6.07) is 5.32. The maximum Gasteiger partial charge on any atom is 0.278 e. The molecule has 3 aliphatic rings.